The summed E-state index contributed by atoms with van der Waals surface area (Å²) >= 11 is 6.26. The third kappa shape index (κ3) is 6.53. The van der Waals surface area contributed by atoms with Crippen LogP contribution < -0.4 is 10.2 Å². The van der Waals surface area contributed by atoms with Crippen LogP contribution in [0, 0.1) is 5.92 Å². The Hall–Kier alpha value is -2.88. The number of halogens is 1. The van der Waals surface area contributed by atoms with Crippen molar-refractivity contribution in [1.29, 1.82) is 0 Å². The summed E-state index contributed by atoms with van der Waals surface area (Å²) in [6.07, 6.45) is 10.8. The number of fused-ring (bicyclic) bond motifs is 1. The highest BCUT2D eigenvalue weighted by Crippen LogP contribution is 2.29. The molecule has 1 saturated heterocycles. The van der Waals surface area contributed by atoms with E-state index in [1.54, 1.807) is 24.3 Å². The molecule has 1 aliphatic heterocycles. The molecular weight excluding hydrogens is 548 g/mol. The summed E-state index contributed by atoms with van der Waals surface area (Å²) < 4.78 is 25.7. The number of nitrogens with zero attached hydrogens (tertiary/aromatic N) is 3. The van der Waals surface area contributed by atoms with Crippen LogP contribution >= 0.6 is 11.6 Å². The van der Waals surface area contributed by atoms with Crippen LogP contribution in [-0.4, -0.2) is 67.6 Å². The summed E-state index contributed by atoms with van der Waals surface area (Å²) in [7, 11) is -3.63. The summed E-state index contributed by atoms with van der Waals surface area (Å²) in [5, 5.41) is 4.56. The minimum atomic E-state index is -3.63. The lowest BCUT2D eigenvalue weighted by Gasteiger charge is -2.34. The second-order valence-electron chi connectivity index (χ2n) is 11.1. The van der Waals surface area contributed by atoms with E-state index in [0.29, 0.717) is 41.6 Å². The molecule has 1 saturated carbocycles. The van der Waals surface area contributed by atoms with Crippen LogP contribution in [0.3, 0.4) is 0 Å². The molecule has 1 aromatic heterocycles. The van der Waals surface area contributed by atoms with E-state index < -0.39 is 10.0 Å². The molecule has 1 N–H and O–H groups in total. The number of anilines is 1. The molecule has 0 radical (unpaired) electrons. The minimum absolute atomic E-state index is 0.0975. The number of amides is 2. The summed E-state index contributed by atoms with van der Waals surface area (Å²) in [6, 6.07) is 14.5. The number of piperidine rings is 1. The molecule has 0 atom stereocenters. The first-order valence-corrected chi connectivity index (χ1v) is 16.3. The maximum Gasteiger partial charge on any atom is 0.258 e. The van der Waals surface area contributed by atoms with Crippen molar-refractivity contribution in [3.05, 3.63) is 65.3 Å². The van der Waals surface area contributed by atoms with E-state index in [1.165, 1.54) is 49.3 Å². The van der Waals surface area contributed by atoms with Gasteiger partial charge in [-0.25, -0.2) is 12.4 Å². The maximum atomic E-state index is 13.8. The number of likely N-dealkylation sites (tertiary alicyclic amines) is 1. The number of hydrogen-bond donors (Lipinski definition) is 1. The third-order valence-corrected chi connectivity index (χ3v) is 9.52. The van der Waals surface area contributed by atoms with Crippen LogP contribution in [0.5, 0.6) is 0 Å². The minimum Gasteiger partial charge on any atom is -0.341 e. The number of carbonyl (C=O) groups is 2. The molecule has 2 amide bonds. The van der Waals surface area contributed by atoms with Crippen LogP contribution in [0.4, 0.5) is 5.69 Å². The maximum absolute atomic E-state index is 13.8. The summed E-state index contributed by atoms with van der Waals surface area (Å²) in [4.78, 5) is 30.6. The first-order valence-electron chi connectivity index (χ1n) is 14.1. The lowest BCUT2D eigenvalue weighted by atomic mass is 9.93. The molecule has 5 rings (SSSR count). The van der Waals surface area contributed by atoms with E-state index in [-0.39, 0.29) is 28.9 Å². The van der Waals surface area contributed by atoms with Gasteiger partial charge in [0.1, 0.15) is 6.54 Å². The van der Waals surface area contributed by atoms with Crippen molar-refractivity contribution < 1.29 is 18.0 Å². The van der Waals surface area contributed by atoms with E-state index in [2.05, 4.69) is 5.32 Å². The van der Waals surface area contributed by atoms with Crippen molar-refractivity contribution >= 4 is 50.0 Å². The number of carbonyl (C=O) groups excluding carboxylic acids is 2. The lowest BCUT2D eigenvalue weighted by Crippen LogP contribution is -2.47. The zero-order chi connectivity index (χ0) is 28.3. The third-order valence-electron chi connectivity index (χ3n) is 8.20. The van der Waals surface area contributed by atoms with Crippen molar-refractivity contribution in [2.45, 2.75) is 51.0 Å². The molecule has 8 nitrogen and oxygen atoms in total. The Bertz CT molecular complexity index is 1460. The number of rotatable bonds is 8. The highest BCUT2D eigenvalue weighted by Gasteiger charge is 2.28. The smallest absolute Gasteiger partial charge is 0.258 e. The molecule has 0 unspecified atom stereocenters. The summed E-state index contributed by atoms with van der Waals surface area (Å²) in [5.74, 6) is 0.0763. The Kier molecular flexibility index (Phi) is 8.83. The molecule has 2 aliphatic rings. The summed E-state index contributed by atoms with van der Waals surface area (Å²) in [6.45, 7) is 2.26. The first kappa shape index (κ1) is 28.6. The highest BCUT2D eigenvalue weighted by atomic mass is 35.5. The Morgan fingerprint density at radius 2 is 1.70 bits per heavy atom. The van der Waals surface area contributed by atoms with E-state index in [4.69, 9.17) is 11.6 Å². The molecular formula is C30H37ClN4O4S. The second kappa shape index (κ2) is 12.3. The Balaban J connectivity index is 1.29. The first-order chi connectivity index (χ1) is 19.2. The molecule has 40 heavy (non-hydrogen) atoms. The van der Waals surface area contributed by atoms with Gasteiger partial charge in [-0.05, 0) is 62.4 Å². The average molecular weight is 585 g/mol. The van der Waals surface area contributed by atoms with Gasteiger partial charge < -0.3 is 10.2 Å². The normalized spacial score (nSPS) is 17.3. The standard InChI is InChI=1S/C30H37ClN4O4S/c1-40(38,39)35-20-27(31)26-13-12-23(18-28(26)35)30(37)34(25-10-6-3-7-11-25)21-29(36)33-16-14-22(15-17-33)19-32-24-8-4-2-5-9-24/h3,6-7,10-13,18,20,22,24,32H,2,4-5,8-9,14-17,19,21H2,1H3. The van der Waals surface area contributed by atoms with Gasteiger partial charge in [0.05, 0.1) is 16.8 Å². The summed E-state index contributed by atoms with van der Waals surface area (Å²) in [5.41, 5.74) is 1.20. The van der Waals surface area contributed by atoms with Gasteiger partial charge >= 0.3 is 0 Å². The molecule has 2 heterocycles. The zero-order valence-corrected chi connectivity index (χ0v) is 24.5. The highest BCUT2D eigenvalue weighted by molar-refractivity contribution is 7.89. The Morgan fingerprint density at radius 3 is 2.38 bits per heavy atom. The van der Waals surface area contributed by atoms with Crippen LogP contribution in [0.15, 0.2) is 54.7 Å². The molecule has 214 valence electrons. The van der Waals surface area contributed by atoms with Gasteiger partial charge in [-0.15, -0.1) is 0 Å². The molecule has 2 fully saturated rings. The van der Waals surface area contributed by atoms with Crippen molar-refractivity contribution in [2.75, 3.05) is 37.3 Å². The molecule has 3 aromatic rings. The van der Waals surface area contributed by atoms with Gasteiger partial charge in [-0.1, -0.05) is 55.1 Å². The van der Waals surface area contributed by atoms with E-state index in [1.807, 2.05) is 23.1 Å². The molecule has 10 heteroatoms. The van der Waals surface area contributed by atoms with Crippen LogP contribution in [0.2, 0.25) is 5.02 Å². The largest absolute Gasteiger partial charge is 0.341 e. The average Bonchev–Trinajstić information content (AvgIpc) is 3.32. The topological polar surface area (TPSA) is 91.7 Å². The van der Waals surface area contributed by atoms with Crippen molar-refractivity contribution in [2.24, 2.45) is 5.92 Å². The number of nitrogens with one attached hydrogen (secondary N) is 1. The van der Waals surface area contributed by atoms with E-state index in [0.717, 1.165) is 29.6 Å². The van der Waals surface area contributed by atoms with Gasteiger partial charge in [0.15, 0.2) is 0 Å². The van der Waals surface area contributed by atoms with Crippen molar-refractivity contribution in [3.8, 4) is 0 Å². The fourth-order valence-electron chi connectivity index (χ4n) is 5.87. The number of aromatic nitrogens is 1. The van der Waals surface area contributed by atoms with Gasteiger partial charge in [0.2, 0.25) is 15.9 Å². The predicted molar refractivity (Wildman–Crippen MR) is 159 cm³/mol. The van der Waals surface area contributed by atoms with Gasteiger partial charge in [-0.2, -0.15) is 0 Å². The van der Waals surface area contributed by atoms with Gasteiger partial charge in [0.25, 0.3) is 5.91 Å². The van der Waals surface area contributed by atoms with E-state index >= 15 is 0 Å². The molecule has 1 aliphatic carbocycles. The monoisotopic (exact) mass is 584 g/mol. The van der Waals surface area contributed by atoms with Crippen molar-refractivity contribution in [3.63, 3.8) is 0 Å². The lowest BCUT2D eigenvalue weighted by molar-refractivity contribution is -0.131. The van der Waals surface area contributed by atoms with Crippen LogP contribution in [0.25, 0.3) is 10.9 Å². The van der Waals surface area contributed by atoms with E-state index in [9.17, 15) is 18.0 Å². The zero-order valence-electron chi connectivity index (χ0n) is 22.9. The Morgan fingerprint density at radius 1 is 1.00 bits per heavy atom. The fraction of sp³-hybridized carbons (Fsp3) is 0.467. The number of para-hydroxylation sites is 1. The molecule has 0 spiro atoms. The molecule has 0 bridgehead atoms. The van der Waals surface area contributed by atoms with Gasteiger partial charge in [-0.3, -0.25) is 14.5 Å². The van der Waals surface area contributed by atoms with Gasteiger partial charge in [0, 0.05) is 42.0 Å². The van der Waals surface area contributed by atoms with Crippen LogP contribution in [0.1, 0.15) is 55.3 Å². The number of hydrogen-bond acceptors (Lipinski definition) is 5. The SMILES string of the molecule is CS(=O)(=O)n1cc(Cl)c2ccc(C(=O)N(CC(=O)N3CCC(CNC4CCCCC4)CC3)c3ccccc3)cc21. The second-order valence-corrected chi connectivity index (χ2v) is 13.3. The molecule has 2 aromatic carbocycles. The number of benzene rings is 2. The van der Waals surface area contributed by atoms with Crippen molar-refractivity contribution in [1.82, 2.24) is 14.2 Å². The fourth-order valence-corrected chi connectivity index (χ4v) is 6.99. The van der Waals surface area contributed by atoms with Crippen LogP contribution in [-0.2, 0) is 14.8 Å². The Labute approximate surface area is 241 Å². The predicted octanol–water partition coefficient (Wildman–Crippen LogP) is 4.91. The quantitative estimate of drug-likeness (QED) is 0.406.